The van der Waals surface area contributed by atoms with Gasteiger partial charge in [-0.05, 0) is 42.8 Å². The molecule has 0 aliphatic rings. The highest BCUT2D eigenvalue weighted by Crippen LogP contribution is 2.34. The molecule has 0 radical (unpaired) electrons. The third-order valence-corrected chi connectivity index (χ3v) is 4.38. The van der Waals surface area contributed by atoms with Crippen molar-refractivity contribution < 1.29 is 22.7 Å². The van der Waals surface area contributed by atoms with Crippen LogP contribution in [0.1, 0.15) is 18.9 Å². The van der Waals surface area contributed by atoms with E-state index in [4.69, 9.17) is 5.73 Å². The number of pyridine rings is 1. The first-order valence-electron chi connectivity index (χ1n) is 9.13. The Morgan fingerprint density at radius 2 is 1.73 bits per heavy atom. The fourth-order valence-electron chi connectivity index (χ4n) is 3.02. The highest BCUT2D eigenvalue weighted by atomic mass is 19.1. The number of halogens is 4. The minimum atomic E-state index is -0.893. The van der Waals surface area contributed by atoms with Crippen molar-refractivity contribution in [1.82, 2.24) is 4.98 Å². The number of aromatic nitrogens is 1. The van der Waals surface area contributed by atoms with E-state index in [1.54, 1.807) is 13.0 Å². The van der Waals surface area contributed by atoms with Gasteiger partial charge in [-0.1, -0.05) is 19.1 Å². The van der Waals surface area contributed by atoms with Crippen molar-refractivity contribution in [2.75, 3.05) is 4.90 Å². The Labute approximate surface area is 170 Å². The zero-order chi connectivity index (χ0) is 21.8. The monoisotopic (exact) mass is 417 g/mol. The first-order chi connectivity index (χ1) is 14.4. The van der Waals surface area contributed by atoms with Crippen molar-refractivity contribution in [3.8, 4) is 11.3 Å². The Bertz CT molecular complexity index is 1080. The molecule has 3 aromatic rings. The predicted molar refractivity (Wildman–Crippen MR) is 107 cm³/mol. The lowest BCUT2D eigenvalue weighted by molar-refractivity contribution is 0.282. The lowest BCUT2D eigenvalue weighted by atomic mass is 10.1. The van der Waals surface area contributed by atoms with Crippen molar-refractivity contribution in [3.05, 3.63) is 89.3 Å². The van der Waals surface area contributed by atoms with Crippen LogP contribution in [0.3, 0.4) is 0 Å². The molecule has 3 rings (SSSR count). The molecule has 8 heteroatoms. The number of nitrogens with zero attached hydrogens (tertiary/aromatic N) is 2. The van der Waals surface area contributed by atoms with Gasteiger partial charge in [-0.25, -0.2) is 22.5 Å². The summed E-state index contributed by atoms with van der Waals surface area (Å²) in [6.07, 6.45) is 2.03. The van der Waals surface area contributed by atoms with Gasteiger partial charge in [-0.3, -0.25) is 4.90 Å². The van der Waals surface area contributed by atoms with E-state index in [-0.39, 0.29) is 28.5 Å². The molecule has 0 saturated carbocycles. The van der Waals surface area contributed by atoms with Crippen LogP contribution in [-0.4, -0.2) is 10.1 Å². The van der Waals surface area contributed by atoms with Crippen molar-refractivity contribution in [3.63, 3.8) is 0 Å². The topological polar surface area (TPSA) is 62.4 Å². The molecule has 0 fully saturated rings. The molecule has 1 heterocycles. The van der Waals surface area contributed by atoms with Gasteiger partial charge in [0.25, 0.3) is 0 Å². The SMILES string of the molecule is CCC=C(N)N(c1ccc(CO)c(-c2ccc(F)cc2F)n1)c1c(F)cccc1F. The average Bonchev–Trinajstić information content (AvgIpc) is 2.70. The Balaban J connectivity index is 2.26. The number of hydrogen-bond acceptors (Lipinski definition) is 4. The number of hydrogen-bond donors (Lipinski definition) is 2. The quantitative estimate of drug-likeness (QED) is 0.545. The zero-order valence-electron chi connectivity index (χ0n) is 16.0. The molecule has 2 aromatic carbocycles. The second-order valence-corrected chi connectivity index (χ2v) is 6.40. The van der Waals surface area contributed by atoms with Gasteiger partial charge in [0.2, 0.25) is 0 Å². The van der Waals surface area contributed by atoms with Crippen molar-refractivity contribution in [2.24, 2.45) is 5.73 Å². The summed E-state index contributed by atoms with van der Waals surface area (Å²) in [5, 5.41) is 9.65. The van der Waals surface area contributed by atoms with Crippen molar-refractivity contribution >= 4 is 11.5 Å². The molecule has 0 amide bonds. The van der Waals surface area contributed by atoms with Gasteiger partial charge in [-0.2, -0.15) is 0 Å². The summed E-state index contributed by atoms with van der Waals surface area (Å²) in [6, 6.07) is 9.12. The van der Waals surface area contributed by atoms with E-state index < -0.39 is 35.6 Å². The number of aliphatic hydroxyl groups is 1. The summed E-state index contributed by atoms with van der Waals surface area (Å²) in [5.74, 6) is -3.40. The first-order valence-corrected chi connectivity index (χ1v) is 9.13. The van der Waals surface area contributed by atoms with Crippen LogP contribution in [0.2, 0.25) is 0 Å². The van der Waals surface area contributed by atoms with E-state index in [1.165, 1.54) is 24.3 Å². The number of anilines is 2. The molecule has 0 spiro atoms. The van der Waals surface area contributed by atoms with Crippen LogP contribution in [0, 0.1) is 23.3 Å². The molecule has 0 unspecified atom stereocenters. The molecule has 0 atom stereocenters. The minimum absolute atomic E-state index is 0.00135. The van der Waals surface area contributed by atoms with Crippen LogP contribution in [0.25, 0.3) is 11.3 Å². The van der Waals surface area contributed by atoms with Gasteiger partial charge >= 0.3 is 0 Å². The van der Waals surface area contributed by atoms with E-state index in [9.17, 15) is 22.7 Å². The third kappa shape index (κ3) is 4.13. The molecule has 30 heavy (non-hydrogen) atoms. The number of para-hydroxylation sites is 1. The summed E-state index contributed by atoms with van der Waals surface area (Å²) < 4.78 is 56.8. The van der Waals surface area contributed by atoms with E-state index in [1.807, 2.05) is 0 Å². The largest absolute Gasteiger partial charge is 0.392 e. The first kappa shape index (κ1) is 21.3. The third-order valence-electron chi connectivity index (χ3n) is 4.38. The van der Waals surface area contributed by atoms with Gasteiger partial charge < -0.3 is 10.8 Å². The van der Waals surface area contributed by atoms with Crippen molar-refractivity contribution in [1.29, 1.82) is 0 Å². The smallest absolute Gasteiger partial charge is 0.150 e. The summed E-state index contributed by atoms with van der Waals surface area (Å²) in [7, 11) is 0. The standard InChI is InChI=1S/C22H19F4N3O/c1-2-4-19(27)29(22-16(24)5-3-6-17(22)25)20-10-7-13(12-30)21(28-20)15-9-8-14(23)11-18(15)26/h3-11,30H,2,12,27H2,1H3. The highest BCUT2D eigenvalue weighted by molar-refractivity contribution is 5.71. The molecule has 0 bridgehead atoms. The molecule has 1 aromatic heterocycles. The molecular weight excluding hydrogens is 398 g/mol. The average molecular weight is 417 g/mol. The molecule has 156 valence electrons. The Hall–Kier alpha value is -3.39. The molecule has 4 nitrogen and oxygen atoms in total. The van der Waals surface area contributed by atoms with Crippen LogP contribution in [-0.2, 0) is 6.61 Å². The van der Waals surface area contributed by atoms with Crippen LogP contribution in [0.5, 0.6) is 0 Å². The van der Waals surface area contributed by atoms with E-state index in [2.05, 4.69) is 4.98 Å². The lowest BCUT2D eigenvalue weighted by Crippen LogP contribution is -2.25. The predicted octanol–water partition coefficient (Wildman–Crippen LogP) is 5.15. The maximum Gasteiger partial charge on any atom is 0.150 e. The van der Waals surface area contributed by atoms with Crippen molar-refractivity contribution in [2.45, 2.75) is 20.0 Å². The maximum absolute atomic E-state index is 14.5. The molecular formula is C22H19F4N3O. The van der Waals surface area contributed by atoms with Crippen LogP contribution in [0.15, 0.2) is 60.4 Å². The molecule has 0 aliphatic carbocycles. The fourth-order valence-corrected chi connectivity index (χ4v) is 3.02. The second-order valence-electron chi connectivity index (χ2n) is 6.40. The minimum Gasteiger partial charge on any atom is -0.392 e. The summed E-state index contributed by atoms with van der Waals surface area (Å²) >= 11 is 0. The number of benzene rings is 2. The normalized spacial score (nSPS) is 11.6. The number of rotatable bonds is 6. The Morgan fingerprint density at radius 1 is 1.03 bits per heavy atom. The van der Waals surface area contributed by atoms with E-state index in [0.29, 0.717) is 12.5 Å². The number of nitrogens with two attached hydrogens (primary N) is 1. The second kappa shape index (κ2) is 8.96. The Kier molecular flexibility index (Phi) is 6.37. The highest BCUT2D eigenvalue weighted by Gasteiger charge is 2.23. The van der Waals surface area contributed by atoms with E-state index >= 15 is 0 Å². The molecule has 0 aliphatic heterocycles. The number of allylic oxidation sites excluding steroid dienone is 1. The van der Waals surface area contributed by atoms with Gasteiger partial charge in [0.1, 0.15) is 40.6 Å². The van der Waals surface area contributed by atoms with Gasteiger partial charge in [-0.15, -0.1) is 0 Å². The van der Waals surface area contributed by atoms with Crippen LogP contribution in [0.4, 0.5) is 29.1 Å². The van der Waals surface area contributed by atoms with Crippen LogP contribution >= 0.6 is 0 Å². The maximum atomic E-state index is 14.5. The zero-order valence-corrected chi connectivity index (χ0v) is 16.0. The summed E-state index contributed by atoms with van der Waals surface area (Å²) in [5.41, 5.74) is 5.80. The van der Waals surface area contributed by atoms with Gasteiger partial charge in [0, 0.05) is 17.2 Å². The van der Waals surface area contributed by atoms with Crippen LogP contribution < -0.4 is 10.6 Å². The van der Waals surface area contributed by atoms with Gasteiger partial charge in [0.05, 0.1) is 12.3 Å². The lowest BCUT2D eigenvalue weighted by Gasteiger charge is -2.26. The summed E-state index contributed by atoms with van der Waals surface area (Å²) in [6.45, 7) is 1.32. The molecule has 3 N–H and O–H groups in total. The number of aliphatic hydroxyl groups excluding tert-OH is 1. The molecule has 0 saturated heterocycles. The summed E-state index contributed by atoms with van der Waals surface area (Å²) in [4.78, 5) is 5.39. The Morgan fingerprint density at radius 3 is 2.33 bits per heavy atom. The van der Waals surface area contributed by atoms with E-state index in [0.717, 1.165) is 23.1 Å². The fraction of sp³-hybridized carbons (Fsp3) is 0.136. The van der Waals surface area contributed by atoms with Gasteiger partial charge in [0.15, 0.2) is 0 Å².